The van der Waals surface area contributed by atoms with Gasteiger partial charge in [0.15, 0.2) is 0 Å². The number of aromatic nitrogens is 2. The number of carbonyl (C=O) groups is 1. The molecule has 0 aliphatic heterocycles. The van der Waals surface area contributed by atoms with E-state index < -0.39 is 11.5 Å². The minimum atomic E-state index is -0.680. The van der Waals surface area contributed by atoms with Crippen molar-refractivity contribution in [1.82, 2.24) is 9.38 Å². The van der Waals surface area contributed by atoms with E-state index in [1.165, 1.54) is 10.5 Å². The second-order valence-electron chi connectivity index (χ2n) is 7.57. The molecule has 2 aromatic heterocycles. The normalized spacial score (nSPS) is 11.2. The third kappa shape index (κ3) is 4.82. The van der Waals surface area contributed by atoms with E-state index in [0.717, 1.165) is 11.1 Å². The molecule has 1 amide bonds. The third-order valence-corrected chi connectivity index (χ3v) is 5.26. The number of pyridine rings is 1. The SMILES string of the molecule is Cc1cccc(Oc2nc3c(C)cccn3c(=O)c2/C=C(/C#N)C(=O)Nc2ccc(Cl)cc2)c1. The highest BCUT2D eigenvalue weighted by Crippen LogP contribution is 2.25. The fraction of sp³-hybridized carbons (Fsp3) is 0.0769. The fourth-order valence-electron chi connectivity index (χ4n) is 3.31. The van der Waals surface area contributed by atoms with Crippen molar-refractivity contribution in [3.05, 3.63) is 105 Å². The maximum Gasteiger partial charge on any atom is 0.269 e. The first-order valence-electron chi connectivity index (χ1n) is 10.3. The molecule has 4 aromatic rings. The number of nitrogens with one attached hydrogen (secondary N) is 1. The lowest BCUT2D eigenvalue weighted by Crippen LogP contribution is -2.20. The molecule has 2 heterocycles. The molecule has 0 radical (unpaired) electrons. The molecule has 7 nitrogen and oxygen atoms in total. The Labute approximate surface area is 200 Å². The molecule has 0 saturated carbocycles. The smallest absolute Gasteiger partial charge is 0.269 e. The number of hydrogen-bond donors (Lipinski definition) is 1. The average Bonchev–Trinajstić information content (AvgIpc) is 2.81. The molecular formula is C26H19ClN4O3. The number of nitriles is 1. The van der Waals surface area contributed by atoms with Crippen molar-refractivity contribution in [2.45, 2.75) is 13.8 Å². The summed E-state index contributed by atoms with van der Waals surface area (Å²) >= 11 is 5.88. The minimum Gasteiger partial charge on any atom is -0.438 e. The Morgan fingerprint density at radius 2 is 1.91 bits per heavy atom. The van der Waals surface area contributed by atoms with Crippen LogP contribution < -0.4 is 15.6 Å². The van der Waals surface area contributed by atoms with Crippen LogP contribution >= 0.6 is 11.6 Å². The Balaban J connectivity index is 1.83. The molecule has 0 aliphatic carbocycles. The number of fused-ring (bicyclic) bond motifs is 1. The van der Waals surface area contributed by atoms with Crippen LogP contribution in [0.4, 0.5) is 5.69 Å². The summed E-state index contributed by atoms with van der Waals surface area (Å²) in [5.74, 6) is -0.208. The maximum atomic E-state index is 13.4. The van der Waals surface area contributed by atoms with E-state index in [4.69, 9.17) is 16.3 Å². The molecule has 0 atom stereocenters. The van der Waals surface area contributed by atoms with Gasteiger partial charge < -0.3 is 10.1 Å². The highest BCUT2D eigenvalue weighted by Gasteiger charge is 2.18. The summed E-state index contributed by atoms with van der Waals surface area (Å²) in [7, 11) is 0. The summed E-state index contributed by atoms with van der Waals surface area (Å²) in [5.41, 5.74) is 1.83. The Kier molecular flexibility index (Phi) is 6.44. The molecule has 1 N–H and O–H groups in total. The molecule has 0 bridgehead atoms. The van der Waals surface area contributed by atoms with Gasteiger partial charge >= 0.3 is 0 Å². The van der Waals surface area contributed by atoms with Gasteiger partial charge in [0, 0.05) is 16.9 Å². The molecule has 168 valence electrons. The standard InChI is InChI=1S/C26H19ClN4O3/c1-16-5-3-7-21(13-16)34-25-22(26(33)31-12-4-6-17(2)23(31)30-25)14-18(15-28)24(32)29-20-10-8-19(27)9-11-20/h3-14H,1-2H3,(H,29,32)/b18-14-. The zero-order chi connectivity index (χ0) is 24.2. The van der Waals surface area contributed by atoms with Gasteiger partial charge in [-0.25, -0.2) is 0 Å². The van der Waals surface area contributed by atoms with Crippen LogP contribution in [0.2, 0.25) is 5.02 Å². The van der Waals surface area contributed by atoms with Crippen LogP contribution in [0.3, 0.4) is 0 Å². The van der Waals surface area contributed by atoms with E-state index in [1.54, 1.807) is 48.7 Å². The van der Waals surface area contributed by atoms with Crippen molar-refractivity contribution in [1.29, 1.82) is 5.26 Å². The Morgan fingerprint density at radius 1 is 1.15 bits per heavy atom. The van der Waals surface area contributed by atoms with Crippen LogP contribution in [0, 0.1) is 25.2 Å². The van der Waals surface area contributed by atoms with E-state index in [-0.39, 0.29) is 17.0 Å². The predicted octanol–water partition coefficient (Wildman–Crippen LogP) is 5.30. The molecule has 8 heteroatoms. The van der Waals surface area contributed by atoms with E-state index in [9.17, 15) is 14.9 Å². The molecule has 34 heavy (non-hydrogen) atoms. The van der Waals surface area contributed by atoms with Crippen molar-refractivity contribution in [3.63, 3.8) is 0 Å². The van der Waals surface area contributed by atoms with Gasteiger partial charge in [0.05, 0.1) is 0 Å². The first-order valence-corrected chi connectivity index (χ1v) is 10.7. The predicted molar refractivity (Wildman–Crippen MR) is 131 cm³/mol. The zero-order valence-corrected chi connectivity index (χ0v) is 19.1. The van der Waals surface area contributed by atoms with Gasteiger partial charge in [0.1, 0.15) is 28.6 Å². The number of anilines is 1. The molecular weight excluding hydrogens is 452 g/mol. The molecule has 0 unspecified atom stereocenters. The van der Waals surface area contributed by atoms with Crippen LogP contribution in [0.1, 0.15) is 16.7 Å². The lowest BCUT2D eigenvalue weighted by atomic mass is 10.1. The van der Waals surface area contributed by atoms with Crippen LogP contribution in [0.15, 0.2) is 77.2 Å². The number of hydrogen-bond acceptors (Lipinski definition) is 5. The molecule has 0 fully saturated rings. The van der Waals surface area contributed by atoms with Crippen molar-refractivity contribution in [3.8, 4) is 17.7 Å². The molecule has 0 aliphatic rings. The average molecular weight is 471 g/mol. The van der Waals surface area contributed by atoms with Gasteiger partial charge in [0.2, 0.25) is 5.88 Å². The first-order chi connectivity index (χ1) is 16.4. The molecule has 2 aromatic carbocycles. The largest absolute Gasteiger partial charge is 0.438 e. The second-order valence-corrected chi connectivity index (χ2v) is 8.01. The summed E-state index contributed by atoms with van der Waals surface area (Å²) in [6, 6.07) is 19.1. The Morgan fingerprint density at radius 3 is 2.62 bits per heavy atom. The number of rotatable bonds is 5. The summed E-state index contributed by atoms with van der Waals surface area (Å²) in [4.78, 5) is 30.7. The van der Waals surface area contributed by atoms with E-state index in [2.05, 4.69) is 10.3 Å². The van der Waals surface area contributed by atoms with Gasteiger partial charge in [-0.3, -0.25) is 14.0 Å². The van der Waals surface area contributed by atoms with Crippen molar-refractivity contribution in [2.24, 2.45) is 0 Å². The first kappa shape index (κ1) is 22.8. The number of amides is 1. The van der Waals surface area contributed by atoms with Gasteiger partial charge in [0.25, 0.3) is 11.5 Å². The Bertz CT molecular complexity index is 1530. The third-order valence-electron chi connectivity index (χ3n) is 5.01. The van der Waals surface area contributed by atoms with Gasteiger partial charge in [-0.05, 0) is 73.5 Å². The lowest BCUT2D eigenvalue weighted by molar-refractivity contribution is -0.112. The van der Waals surface area contributed by atoms with Crippen molar-refractivity contribution in [2.75, 3.05) is 5.32 Å². The zero-order valence-electron chi connectivity index (χ0n) is 18.4. The Hall–Kier alpha value is -4.41. The van der Waals surface area contributed by atoms with Crippen LogP contribution in [-0.2, 0) is 4.79 Å². The number of benzene rings is 2. The topological polar surface area (TPSA) is 96.5 Å². The van der Waals surface area contributed by atoms with Crippen LogP contribution in [0.25, 0.3) is 11.7 Å². The lowest BCUT2D eigenvalue weighted by Gasteiger charge is -2.12. The van der Waals surface area contributed by atoms with E-state index >= 15 is 0 Å². The summed E-state index contributed by atoms with van der Waals surface area (Å²) in [6.07, 6.45) is 2.77. The maximum absolute atomic E-state index is 13.4. The molecule has 0 saturated heterocycles. The van der Waals surface area contributed by atoms with E-state index in [1.807, 2.05) is 38.1 Å². The molecule has 4 rings (SSSR count). The van der Waals surface area contributed by atoms with Crippen LogP contribution in [-0.4, -0.2) is 15.3 Å². The second kappa shape index (κ2) is 9.61. The number of aryl methyl sites for hydroxylation is 2. The highest BCUT2D eigenvalue weighted by molar-refractivity contribution is 6.30. The summed E-state index contributed by atoms with van der Waals surface area (Å²) < 4.78 is 7.32. The number of halogens is 1. The van der Waals surface area contributed by atoms with Gasteiger partial charge in [-0.2, -0.15) is 10.2 Å². The van der Waals surface area contributed by atoms with Crippen molar-refractivity contribution < 1.29 is 9.53 Å². The van der Waals surface area contributed by atoms with Gasteiger partial charge in [-0.1, -0.05) is 29.8 Å². The van der Waals surface area contributed by atoms with Crippen molar-refractivity contribution >= 4 is 34.9 Å². The molecule has 0 spiro atoms. The van der Waals surface area contributed by atoms with Crippen LogP contribution in [0.5, 0.6) is 11.6 Å². The quantitative estimate of drug-likeness (QED) is 0.315. The highest BCUT2D eigenvalue weighted by atomic mass is 35.5. The summed E-state index contributed by atoms with van der Waals surface area (Å²) in [5, 5.41) is 12.8. The minimum absolute atomic E-state index is 0.00283. The fourth-order valence-corrected chi connectivity index (χ4v) is 3.43. The number of carbonyl (C=O) groups excluding carboxylic acids is 1. The monoisotopic (exact) mass is 470 g/mol. The number of ether oxygens (including phenoxy) is 1. The summed E-state index contributed by atoms with van der Waals surface area (Å²) in [6.45, 7) is 3.74. The van der Waals surface area contributed by atoms with E-state index in [0.29, 0.717) is 22.1 Å². The van der Waals surface area contributed by atoms with Gasteiger partial charge in [-0.15, -0.1) is 0 Å². The number of nitrogens with zero attached hydrogens (tertiary/aromatic N) is 3.